The number of nitrogens with zero attached hydrogens (tertiary/aromatic N) is 1. The van der Waals surface area contributed by atoms with Gasteiger partial charge >= 0.3 is 0 Å². The van der Waals surface area contributed by atoms with Crippen molar-refractivity contribution < 1.29 is 4.74 Å². The van der Waals surface area contributed by atoms with Crippen LogP contribution in [0.2, 0.25) is 0 Å². The molecule has 2 rings (SSSR count). The summed E-state index contributed by atoms with van der Waals surface area (Å²) in [6.07, 6.45) is 2.63. The summed E-state index contributed by atoms with van der Waals surface area (Å²) in [6, 6.07) is 7.38. The van der Waals surface area contributed by atoms with Crippen LogP contribution in [0.4, 0.5) is 0 Å². The normalized spacial score (nSPS) is 21.6. The molecular formula is C16H26N2O. The maximum absolute atomic E-state index is 5.46. The molecule has 0 bridgehead atoms. The monoisotopic (exact) mass is 262 g/mol. The average Bonchev–Trinajstić information content (AvgIpc) is 2.81. The Kier molecular flexibility index (Phi) is 4.83. The fourth-order valence-electron chi connectivity index (χ4n) is 2.85. The van der Waals surface area contributed by atoms with Gasteiger partial charge in [0.2, 0.25) is 0 Å². The largest absolute Gasteiger partial charge is 0.496 e. The SMILES string of the molecule is COc1ccc(C)cc1C(C)NCC1CCCN1C. The van der Waals surface area contributed by atoms with E-state index in [4.69, 9.17) is 4.74 Å². The Morgan fingerprint density at radius 1 is 1.47 bits per heavy atom. The molecule has 0 aliphatic carbocycles. The lowest BCUT2D eigenvalue weighted by atomic mass is 10.0. The van der Waals surface area contributed by atoms with Crippen LogP contribution in [-0.2, 0) is 0 Å². The van der Waals surface area contributed by atoms with Crippen molar-refractivity contribution in [2.24, 2.45) is 0 Å². The summed E-state index contributed by atoms with van der Waals surface area (Å²) in [5.41, 5.74) is 2.53. The van der Waals surface area contributed by atoms with Gasteiger partial charge in [-0.25, -0.2) is 0 Å². The van der Waals surface area contributed by atoms with E-state index in [9.17, 15) is 0 Å². The second kappa shape index (κ2) is 6.40. The highest BCUT2D eigenvalue weighted by Gasteiger charge is 2.21. The minimum Gasteiger partial charge on any atom is -0.496 e. The summed E-state index contributed by atoms with van der Waals surface area (Å²) < 4.78 is 5.46. The van der Waals surface area contributed by atoms with Crippen molar-refractivity contribution in [3.8, 4) is 5.75 Å². The summed E-state index contributed by atoms with van der Waals surface area (Å²) in [5.74, 6) is 0.977. The van der Waals surface area contributed by atoms with E-state index in [1.807, 2.05) is 0 Å². The van der Waals surface area contributed by atoms with Gasteiger partial charge in [-0.2, -0.15) is 0 Å². The molecule has 2 unspecified atom stereocenters. The highest BCUT2D eigenvalue weighted by atomic mass is 16.5. The molecule has 0 aromatic heterocycles. The van der Waals surface area contributed by atoms with Crippen molar-refractivity contribution in [3.05, 3.63) is 29.3 Å². The first-order valence-electron chi connectivity index (χ1n) is 7.20. The van der Waals surface area contributed by atoms with Crippen LogP contribution in [-0.4, -0.2) is 38.2 Å². The van der Waals surface area contributed by atoms with E-state index in [2.05, 4.69) is 49.3 Å². The molecule has 1 heterocycles. The zero-order valence-corrected chi connectivity index (χ0v) is 12.6. The van der Waals surface area contributed by atoms with Gasteiger partial charge in [-0.15, -0.1) is 0 Å². The van der Waals surface area contributed by atoms with E-state index in [0.717, 1.165) is 12.3 Å². The first kappa shape index (κ1) is 14.4. The molecular weight excluding hydrogens is 236 g/mol. The smallest absolute Gasteiger partial charge is 0.123 e. The van der Waals surface area contributed by atoms with Crippen molar-refractivity contribution in [1.29, 1.82) is 0 Å². The Morgan fingerprint density at radius 2 is 2.26 bits per heavy atom. The zero-order valence-electron chi connectivity index (χ0n) is 12.6. The Labute approximate surface area is 116 Å². The number of benzene rings is 1. The summed E-state index contributed by atoms with van der Waals surface area (Å²) in [5, 5.41) is 3.65. The Balaban J connectivity index is 1.99. The number of hydrogen-bond donors (Lipinski definition) is 1. The van der Waals surface area contributed by atoms with Crippen molar-refractivity contribution in [2.45, 2.75) is 38.8 Å². The van der Waals surface area contributed by atoms with Gasteiger partial charge in [0.25, 0.3) is 0 Å². The van der Waals surface area contributed by atoms with Gasteiger partial charge in [0, 0.05) is 24.2 Å². The standard InChI is InChI=1S/C16H26N2O/c1-12-7-8-16(19-4)15(10-12)13(2)17-11-14-6-5-9-18(14)3/h7-8,10,13-14,17H,5-6,9,11H2,1-4H3. The van der Waals surface area contributed by atoms with Crippen LogP contribution in [0.5, 0.6) is 5.75 Å². The van der Waals surface area contributed by atoms with Crippen LogP contribution < -0.4 is 10.1 Å². The maximum atomic E-state index is 5.46. The van der Waals surface area contributed by atoms with Crippen molar-refractivity contribution in [1.82, 2.24) is 10.2 Å². The number of hydrogen-bond acceptors (Lipinski definition) is 3. The number of rotatable bonds is 5. The van der Waals surface area contributed by atoms with E-state index in [-0.39, 0.29) is 0 Å². The molecule has 1 aliphatic rings. The van der Waals surface area contributed by atoms with E-state index in [0.29, 0.717) is 12.1 Å². The summed E-state index contributed by atoms with van der Waals surface area (Å²) in [7, 11) is 3.96. The quantitative estimate of drug-likeness (QED) is 0.883. The average molecular weight is 262 g/mol. The molecule has 1 fully saturated rings. The van der Waals surface area contributed by atoms with Gasteiger partial charge in [-0.05, 0) is 46.3 Å². The maximum Gasteiger partial charge on any atom is 0.123 e. The highest BCUT2D eigenvalue weighted by Crippen LogP contribution is 2.26. The number of aryl methyl sites for hydroxylation is 1. The van der Waals surface area contributed by atoms with Gasteiger partial charge in [0.1, 0.15) is 5.75 Å². The lowest BCUT2D eigenvalue weighted by molar-refractivity contribution is 0.292. The summed E-state index contributed by atoms with van der Waals surface area (Å²) >= 11 is 0. The van der Waals surface area contributed by atoms with E-state index in [1.54, 1.807) is 7.11 Å². The minimum absolute atomic E-state index is 0.323. The van der Waals surface area contributed by atoms with Gasteiger partial charge in [-0.3, -0.25) is 0 Å². The zero-order chi connectivity index (χ0) is 13.8. The lowest BCUT2D eigenvalue weighted by Gasteiger charge is -2.23. The Bertz CT molecular complexity index is 419. The number of methoxy groups -OCH3 is 1. The molecule has 1 N–H and O–H groups in total. The predicted octanol–water partition coefficient (Wildman–Crippen LogP) is 2.75. The Morgan fingerprint density at radius 3 is 2.89 bits per heavy atom. The second-order valence-electron chi connectivity index (χ2n) is 5.65. The third-order valence-corrected chi connectivity index (χ3v) is 4.18. The third-order valence-electron chi connectivity index (χ3n) is 4.18. The molecule has 1 aromatic rings. The fraction of sp³-hybridized carbons (Fsp3) is 0.625. The van der Waals surface area contributed by atoms with Crippen LogP contribution in [0.1, 0.15) is 36.9 Å². The van der Waals surface area contributed by atoms with E-state index < -0.39 is 0 Å². The van der Waals surface area contributed by atoms with Gasteiger partial charge in [0.05, 0.1) is 7.11 Å². The number of likely N-dealkylation sites (N-methyl/N-ethyl adjacent to an activating group) is 1. The first-order chi connectivity index (χ1) is 9.11. The molecule has 2 atom stereocenters. The molecule has 0 radical (unpaired) electrons. The summed E-state index contributed by atoms with van der Waals surface area (Å²) in [4.78, 5) is 2.45. The predicted molar refractivity (Wildman–Crippen MR) is 79.8 cm³/mol. The molecule has 3 nitrogen and oxygen atoms in total. The number of likely N-dealkylation sites (tertiary alicyclic amines) is 1. The highest BCUT2D eigenvalue weighted by molar-refractivity contribution is 5.38. The van der Waals surface area contributed by atoms with Gasteiger partial charge in [0.15, 0.2) is 0 Å². The van der Waals surface area contributed by atoms with Gasteiger partial charge < -0.3 is 15.0 Å². The molecule has 106 valence electrons. The van der Waals surface area contributed by atoms with Crippen LogP contribution in [0.3, 0.4) is 0 Å². The number of ether oxygens (including phenoxy) is 1. The summed E-state index contributed by atoms with van der Waals surface area (Å²) in [6.45, 7) is 6.62. The molecule has 1 aromatic carbocycles. The van der Waals surface area contributed by atoms with Crippen LogP contribution in [0, 0.1) is 6.92 Å². The molecule has 1 aliphatic heterocycles. The molecule has 0 saturated carbocycles. The fourth-order valence-corrected chi connectivity index (χ4v) is 2.85. The van der Waals surface area contributed by atoms with Crippen LogP contribution in [0.25, 0.3) is 0 Å². The Hall–Kier alpha value is -1.06. The molecule has 0 amide bonds. The van der Waals surface area contributed by atoms with Crippen molar-refractivity contribution in [3.63, 3.8) is 0 Å². The van der Waals surface area contributed by atoms with Crippen LogP contribution >= 0.6 is 0 Å². The van der Waals surface area contributed by atoms with Crippen molar-refractivity contribution in [2.75, 3.05) is 27.2 Å². The first-order valence-corrected chi connectivity index (χ1v) is 7.20. The second-order valence-corrected chi connectivity index (χ2v) is 5.65. The molecule has 1 saturated heterocycles. The molecule has 19 heavy (non-hydrogen) atoms. The van der Waals surface area contributed by atoms with Gasteiger partial charge in [-0.1, -0.05) is 17.7 Å². The van der Waals surface area contributed by atoms with Crippen LogP contribution in [0.15, 0.2) is 18.2 Å². The topological polar surface area (TPSA) is 24.5 Å². The number of nitrogens with one attached hydrogen (secondary N) is 1. The molecule has 3 heteroatoms. The van der Waals surface area contributed by atoms with E-state index in [1.165, 1.54) is 30.5 Å². The van der Waals surface area contributed by atoms with E-state index >= 15 is 0 Å². The lowest BCUT2D eigenvalue weighted by Crippen LogP contribution is -2.36. The third kappa shape index (κ3) is 3.48. The molecule has 0 spiro atoms. The van der Waals surface area contributed by atoms with Crippen molar-refractivity contribution >= 4 is 0 Å². The minimum atomic E-state index is 0.323.